The third kappa shape index (κ3) is 3.84. The molecule has 196 valence electrons. The Hall–Kier alpha value is -3.78. The van der Waals surface area contributed by atoms with E-state index in [0.29, 0.717) is 5.92 Å². The van der Waals surface area contributed by atoms with Crippen LogP contribution in [0.15, 0.2) is 109 Å². The van der Waals surface area contributed by atoms with Gasteiger partial charge >= 0.3 is 0 Å². The Morgan fingerprint density at radius 2 is 1.67 bits per heavy atom. The molecule has 1 aliphatic heterocycles. The zero-order chi connectivity index (χ0) is 26.6. The van der Waals surface area contributed by atoms with Crippen molar-refractivity contribution in [3.63, 3.8) is 0 Å². The van der Waals surface area contributed by atoms with Crippen LogP contribution in [0.4, 0.5) is 11.4 Å². The summed E-state index contributed by atoms with van der Waals surface area (Å²) in [5.41, 5.74) is 6.75. The minimum absolute atomic E-state index is 0.0694. The van der Waals surface area contributed by atoms with Crippen molar-refractivity contribution in [2.75, 3.05) is 4.90 Å². The molecule has 4 aromatic rings. The minimum Gasteiger partial charge on any atom is -0.485 e. The van der Waals surface area contributed by atoms with Gasteiger partial charge in [0, 0.05) is 33.3 Å². The van der Waals surface area contributed by atoms with E-state index in [-0.39, 0.29) is 17.1 Å². The van der Waals surface area contributed by atoms with Crippen molar-refractivity contribution in [2.45, 2.75) is 63.5 Å². The molecule has 0 bridgehead atoms. The molecule has 2 nitrogen and oxygen atoms in total. The van der Waals surface area contributed by atoms with Crippen LogP contribution in [0.1, 0.15) is 57.6 Å². The van der Waals surface area contributed by atoms with Crippen molar-refractivity contribution >= 4 is 27.7 Å². The Kier molecular flexibility index (Phi) is 5.70. The van der Waals surface area contributed by atoms with Gasteiger partial charge in [0.15, 0.2) is 0 Å². The van der Waals surface area contributed by atoms with Gasteiger partial charge in [0.25, 0.3) is 0 Å². The summed E-state index contributed by atoms with van der Waals surface area (Å²) in [5.74, 6) is 1.51. The first-order valence-corrected chi connectivity index (χ1v) is 14.5. The summed E-state index contributed by atoms with van der Waals surface area (Å²) >= 11 is 0. The monoisotopic (exact) mass is 511 g/mol. The number of para-hydroxylation sites is 1. The molecule has 4 atom stereocenters. The summed E-state index contributed by atoms with van der Waals surface area (Å²) in [6.45, 7) is 7.28. The first-order chi connectivity index (χ1) is 19.0. The second-order valence-electron chi connectivity index (χ2n) is 12.2. The molecular formula is C37H37NO. The summed E-state index contributed by atoms with van der Waals surface area (Å²) in [6.07, 6.45) is 11.5. The smallest absolute Gasteiger partial charge is 0.126 e. The molecule has 0 N–H and O–H groups in total. The molecule has 2 aliphatic carbocycles. The lowest BCUT2D eigenvalue weighted by Gasteiger charge is -2.49. The van der Waals surface area contributed by atoms with E-state index in [9.17, 15) is 0 Å². The number of fused-ring (bicyclic) bond motifs is 4. The Morgan fingerprint density at radius 3 is 2.51 bits per heavy atom. The molecule has 0 aromatic heterocycles. The number of nitrogens with zero attached hydrogens (tertiary/aromatic N) is 1. The van der Waals surface area contributed by atoms with Gasteiger partial charge in [0.2, 0.25) is 0 Å². The molecular weight excluding hydrogens is 474 g/mol. The average molecular weight is 512 g/mol. The van der Waals surface area contributed by atoms with Crippen LogP contribution >= 0.6 is 0 Å². The predicted octanol–water partition coefficient (Wildman–Crippen LogP) is 9.62. The number of ether oxygens (including phenoxy) is 1. The molecule has 0 radical (unpaired) electrons. The Labute approximate surface area is 232 Å². The van der Waals surface area contributed by atoms with Crippen LogP contribution in [0.25, 0.3) is 16.3 Å². The number of allylic oxidation sites excluding steroid dienone is 2. The van der Waals surface area contributed by atoms with E-state index in [4.69, 9.17) is 4.74 Å². The van der Waals surface area contributed by atoms with E-state index in [1.54, 1.807) is 0 Å². The number of anilines is 2. The van der Waals surface area contributed by atoms with Gasteiger partial charge in [-0.25, -0.2) is 0 Å². The third-order valence-electron chi connectivity index (χ3n) is 9.87. The molecule has 1 heterocycles. The van der Waals surface area contributed by atoms with Crippen LogP contribution in [0, 0.1) is 5.92 Å². The van der Waals surface area contributed by atoms with Crippen molar-refractivity contribution in [1.29, 1.82) is 0 Å². The summed E-state index contributed by atoms with van der Waals surface area (Å²) in [6, 6.07) is 33.4. The molecule has 0 fully saturated rings. The minimum atomic E-state index is -0.0694. The fourth-order valence-corrected chi connectivity index (χ4v) is 7.23. The Morgan fingerprint density at radius 1 is 0.872 bits per heavy atom. The predicted molar refractivity (Wildman–Crippen MR) is 164 cm³/mol. The topological polar surface area (TPSA) is 12.5 Å². The van der Waals surface area contributed by atoms with E-state index in [0.717, 1.165) is 31.4 Å². The highest BCUT2D eigenvalue weighted by Gasteiger charge is 2.45. The van der Waals surface area contributed by atoms with Crippen molar-refractivity contribution in [2.24, 2.45) is 5.92 Å². The average Bonchev–Trinajstić information content (AvgIpc) is 3.27. The van der Waals surface area contributed by atoms with Gasteiger partial charge in [0.1, 0.15) is 11.9 Å². The lowest BCUT2D eigenvalue weighted by Crippen LogP contribution is -2.50. The summed E-state index contributed by atoms with van der Waals surface area (Å²) in [7, 11) is 0. The fraction of sp³-hybridized carbons (Fsp3) is 0.297. The van der Waals surface area contributed by atoms with E-state index >= 15 is 0 Å². The molecule has 2 heteroatoms. The molecule has 0 amide bonds. The zero-order valence-corrected chi connectivity index (χ0v) is 23.2. The highest BCUT2D eigenvalue weighted by Crippen LogP contribution is 2.51. The van der Waals surface area contributed by atoms with Crippen molar-refractivity contribution in [3.8, 4) is 5.75 Å². The van der Waals surface area contributed by atoms with Crippen molar-refractivity contribution < 1.29 is 4.74 Å². The largest absolute Gasteiger partial charge is 0.485 e. The zero-order valence-electron chi connectivity index (χ0n) is 23.2. The summed E-state index contributed by atoms with van der Waals surface area (Å²) < 4.78 is 6.36. The number of hydrogen-bond donors (Lipinski definition) is 0. The number of rotatable bonds is 4. The molecule has 0 saturated carbocycles. The normalized spacial score (nSPS) is 27.4. The van der Waals surface area contributed by atoms with Gasteiger partial charge in [-0.15, -0.1) is 0 Å². The van der Waals surface area contributed by atoms with Crippen molar-refractivity contribution in [1.82, 2.24) is 0 Å². The first-order valence-electron chi connectivity index (χ1n) is 14.5. The van der Waals surface area contributed by atoms with Crippen LogP contribution in [-0.4, -0.2) is 11.6 Å². The fourth-order valence-electron chi connectivity index (χ4n) is 7.23. The van der Waals surface area contributed by atoms with Gasteiger partial charge < -0.3 is 9.64 Å². The maximum absolute atomic E-state index is 6.36. The van der Waals surface area contributed by atoms with Crippen LogP contribution < -0.4 is 9.64 Å². The molecule has 0 saturated heterocycles. The maximum atomic E-state index is 6.36. The second-order valence-corrected chi connectivity index (χ2v) is 12.2. The standard InChI is InChI=1S/C37H37NO/c1-26-24-29(28-19-20-34-32(25-28)36(2)22-10-9-18-35(36)39-34)21-23-37(26,3)38(30-14-5-4-6-15-30)33-17-11-13-27-12-7-8-16-31(27)33/h4-9,11-21,25-26,35H,10,22-24H2,1-3H3. The SMILES string of the molecule is CC1CC(c2ccc3c(c2)C2(C)CCC=CC2O3)=CCC1(C)N(c1ccccc1)c1cccc2ccccc12. The molecule has 4 aromatic carbocycles. The van der Waals surface area contributed by atoms with Crippen LogP contribution in [0.2, 0.25) is 0 Å². The molecule has 4 unspecified atom stereocenters. The maximum Gasteiger partial charge on any atom is 0.126 e. The van der Waals surface area contributed by atoms with E-state index in [1.165, 1.54) is 38.8 Å². The third-order valence-corrected chi connectivity index (χ3v) is 9.87. The Balaban J connectivity index is 1.29. The Bertz CT molecular complexity index is 1600. The van der Waals surface area contributed by atoms with Crippen molar-refractivity contribution in [3.05, 3.63) is 120 Å². The van der Waals surface area contributed by atoms with E-state index < -0.39 is 0 Å². The van der Waals surface area contributed by atoms with Gasteiger partial charge in [-0.05, 0) is 91.5 Å². The van der Waals surface area contributed by atoms with E-state index in [1.807, 2.05) is 0 Å². The van der Waals surface area contributed by atoms with E-state index in [2.05, 4.69) is 135 Å². The molecule has 39 heavy (non-hydrogen) atoms. The lowest BCUT2D eigenvalue weighted by atomic mass is 9.70. The van der Waals surface area contributed by atoms with Gasteiger partial charge in [-0.1, -0.05) is 86.7 Å². The van der Waals surface area contributed by atoms with Gasteiger partial charge in [0.05, 0.1) is 0 Å². The summed E-state index contributed by atoms with van der Waals surface area (Å²) in [5, 5.41) is 2.58. The van der Waals surface area contributed by atoms with Crippen LogP contribution in [0.3, 0.4) is 0 Å². The number of benzene rings is 4. The highest BCUT2D eigenvalue weighted by atomic mass is 16.5. The van der Waals surface area contributed by atoms with Crippen LogP contribution in [0.5, 0.6) is 5.75 Å². The molecule has 7 rings (SSSR count). The summed E-state index contributed by atoms with van der Waals surface area (Å²) in [4.78, 5) is 2.61. The first kappa shape index (κ1) is 24.3. The number of hydrogen-bond acceptors (Lipinski definition) is 2. The van der Waals surface area contributed by atoms with Gasteiger partial charge in [-0.3, -0.25) is 0 Å². The lowest BCUT2D eigenvalue weighted by molar-refractivity contribution is 0.188. The molecule has 3 aliphatic rings. The molecule has 0 spiro atoms. The van der Waals surface area contributed by atoms with Crippen LogP contribution in [-0.2, 0) is 5.41 Å². The second kappa shape index (κ2) is 9.16. The highest BCUT2D eigenvalue weighted by molar-refractivity contribution is 5.96. The quantitative estimate of drug-likeness (QED) is 0.253. The van der Waals surface area contributed by atoms with Gasteiger partial charge in [-0.2, -0.15) is 0 Å².